The van der Waals surface area contributed by atoms with Crippen molar-refractivity contribution in [3.63, 3.8) is 0 Å². The molecule has 3 N–H and O–H groups in total. The topological polar surface area (TPSA) is 86.6 Å². The Morgan fingerprint density at radius 1 is 1.12 bits per heavy atom. The maximum absolute atomic E-state index is 12.6. The number of amides is 1. The molecule has 0 aliphatic carbocycles. The van der Waals surface area contributed by atoms with Crippen LogP contribution in [0.15, 0.2) is 54.6 Å². The Hall–Kier alpha value is -2.86. The lowest BCUT2D eigenvalue weighted by Crippen LogP contribution is -2.69. The lowest BCUT2D eigenvalue weighted by Gasteiger charge is -2.42. The summed E-state index contributed by atoms with van der Waals surface area (Å²) in [5.41, 5.74) is 1.27. The molecule has 2 heterocycles. The normalized spacial score (nSPS) is 31.7. The zero-order chi connectivity index (χ0) is 18.5. The van der Waals surface area contributed by atoms with Crippen LogP contribution in [0.4, 0.5) is 10.5 Å². The molecule has 2 aliphatic rings. The van der Waals surface area contributed by atoms with Gasteiger partial charge in [-0.05, 0) is 11.6 Å². The number of fused-ring (bicyclic) bond motifs is 3. The third kappa shape index (κ3) is 2.02. The van der Waals surface area contributed by atoms with Gasteiger partial charge in [0.25, 0.3) is 0 Å². The van der Waals surface area contributed by atoms with Gasteiger partial charge in [-0.15, -0.1) is 0 Å². The molecule has 1 saturated heterocycles. The number of anilines is 1. The molecule has 2 aromatic carbocycles. The quantitative estimate of drug-likeness (QED) is 0.736. The number of nitrogens with one attached hydrogen (secondary N) is 1. The van der Waals surface area contributed by atoms with Gasteiger partial charge in [-0.25, -0.2) is 4.79 Å². The predicted octanol–water partition coefficient (Wildman–Crippen LogP) is 3.46. The number of rotatable bonds is 3. The van der Waals surface area contributed by atoms with Gasteiger partial charge in [0.2, 0.25) is 5.54 Å². The number of quaternary nitrogens is 1. The third-order valence-corrected chi connectivity index (χ3v) is 6.09. The second-order valence-corrected chi connectivity index (χ2v) is 7.36. The van der Waals surface area contributed by atoms with Crippen LogP contribution in [0.3, 0.4) is 0 Å². The highest BCUT2D eigenvalue weighted by Gasteiger charge is 2.72. The molecule has 0 radical (unpaired) electrons. The first kappa shape index (κ1) is 16.6. The minimum Gasteiger partial charge on any atom is -0.477 e. The maximum Gasteiger partial charge on any atom is 0.516 e. The molecule has 0 spiro atoms. The van der Waals surface area contributed by atoms with E-state index in [2.05, 4.69) is 5.32 Å². The fourth-order valence-electron chi connectivity index (χ4n) is 4.72. The fraction of sp³-hybridized carbons (Fsp3) is 0.300. The van der Waals surface area contributed by atoms with E-state index in [-0.39, 0.29) is 18.9 Å². The number of nitrogens with zero attached hydrogens (tertiary/aromatic N) is 1. The average molecular weight is 353 g/mol. The third-order valence-electron chi connectivity index (χ3n) is 6.09. The van der Waals surface area contributed by atoms with E-state index >= 15 is 0 Å². The second kappa shape index (κ2) is 5.57. The number of carboxylic acid groups (broad SMARTS) is 2. The first-order valence-electron chi connectivity index (χ1n) is 8.64. The average Bonchev–Trinajstić information content (AvgIpc) is 3.09. The molecule has 1 amide bonds. The number of hydrogen-bond acceptors (Lipinski definition) is 3. The van der Waals surface area contributed by atoms with E-state index in [4.69, 9.17) is 0 Å². The van der Waals surface area contributed by atoms with Gasteiger partial charge in [0.1, 0.15) is 6.54 Å². The fourth-order valence-corrected chi connectivity index (χ4v) is 4.72. The van der Waals surface area contributed by atoms with Crippen LogP contribution in [0.2, 0.25) is 0 Å². The van der Waals surface area contributed by atoms with Crippen LogP contribution in [0.5, 0.6) is 0 Å². The number of para-hydroxylation sites is 1. The summed E-state index contributed by atoms with van der Waals surface area (Å²) in [6.45, 7) is 1.68. The van der Waals surface area contributed by atoms with Crippen LogP contribution in [-0.4, -0.2) is 38.5 Å². The molecule has 1 fully saturated rings. The Bertz CT molecular complexity index is 884. The van der Waals surface area contributed by atoms with Gasteiger partial charge >= 0.3 is 12.1 Å². The molecule has 2 aromatic rings. The molecule has 6 nitrogen and oxygen atoms in total. The summed E-state index contributed by atoms with van der Waals surface area (Å²) in [5.74, 6) is -1.24. The van der Waals surface area contributed by atoms with Crippen molar-refractivity contribution in [3.05, 3.63) is 65.7 Å². The summed E-state index contributed by atoms with van der Waals surface area (Å²) >= 11 is 0. The van der Waals surface area contributed by atoms with E-state index < -0.39 is 28.3 Å². The molecule has 134 valence electrons. The molecule has 3 unspecified atom stereocenters. The minimum absolute atomic E-state index is 0.112. The summed E-state index contributed by atoms with van der Waals surface area (Å²) < 4.78 is -0.564. The Kier molecular flexibility index (Phi) is 3.56. The number of hydrogen-bond donors (Lipinski definition) is 3. The highest BCUT2D eigenvalue weighted by Crippen LogP contribution is 2.55. The molecule has 2 aliphatic heterocycles. The standard InChI is InChI=1S/C20H20N2O4/c1-20(18(23)24)11-15-14-9-5-6-10-16(14)21-17(15)22(20,19(25)26)12-13-7-3-2-4-8-13/h2-10,15,17,21H,11-12H2,1H3,(H-,23,24,25,26)/p+1/t15?,17?,20-,22?/m0/s1. The first-order chi connectivity index (χ1) is 12.4. The number of benzene rings is 2. The van der Waals surface area contributed by atoms with Gasteiger partial charge in [-0.2, -0.15) is 9.28 Å². The van der Waals surface area contributed by atoms with Crippen molar-refractivity contribution in [1.29, 1.82) is 0 Å². The van der Waals surface area contributed by atoms with Gasteiger partial charge in [-0.3, -0.25) is 0 Å². The molecule has 0 bridgehead atoms. The van der Waals surface area contributed by atoms with Crippen molar-refractivity contribution in [2.45, 2.75) is 37.5 Å². The monoisotopic (exact) mass is 353 g/mol. The van der Waals surface area contributed by atoms with E-state index in [0.717, 1.165) is 16.8 Å². The van der Waals surface area contributed by atoms with E-state index in [0.29, 0.717) is 0 Å². The van der Waals surface area contributed by atoms with E-state index in [1.165, 1.54) is 0 Å². The lowest BCUT2D eigenvalue weighted by molar-refractivity contribution is -0.916. The van der Waals surface area contributed by atoms with Crippen LogP contribution in [-0.2, 0) is 11.3 Å². The van der Waals surface area contributed by atoms with Gasteiger partial charge in [0, 0.05) is 24.6 Å². The molecular weight excluding hydrogens is 332 g/mol. The van der Waals surface area contributed by atoms with Crippen molar-refractivity contribution in [3.8, 4) is 0 Å². The van der Waals surface area contributed by atoms with Crippen molar-refractivity contribution in [1.82, 2.24) is 0 Å². The predicted molar refractivity (Wildman–Crippen MR) is 95.7 cm³/mol. The zero-order valence-corrected chi connectivity index (χ0v) is 14.4. The van der Waals surface area contributed by atoms with Crippen LogP contribution < -0.4 is 5.32 Å². The SMILES string of the molecule is C[C@@]1(C(=O)O)CC2c3ccccc3NC2[N+]1(Cc1ccccc1)C(=O)O. The van der Waals surface area contributed by atoms with Crippen LogP contribution >= 0.6 is 0 Å². The van der Waals surface area contributed by atoms with Gasteiger partial charge in [-0.1, -0.05) is 48.5 Å². The first-order valence-corrected chi connectivity index (χ1v) is 8.64. The summed E-state index contributed by atoms with van der Waals surface area (Å²) in [6, 6.07) is 16.9. The van der Waals surface area contributed by atoms with Crippen LogP contribution in [0.1, 0.15) is 30.4 Å². The molecule has 4 rings (SSSR count). The second-order valence-electron chi connectivity index (χ2n) is 7.36. The Morgan fingerprint density at radius 2 is 1.77 bits per heavy atom. The minimum atomic E-state index is -1.43. The van der Waals surface area contributed by atoms with Gasteiger partial charge in [0.05, 0.1) is 5.92 Å². The highest BCUT2D eigenvalue weighted by atomic mass is 16.4. The Labute approximate surface area is 151 Å². The zero-order valence-electron chi connectivity index (χ0n) is 14.4. The maximum atomic E-state index is 12.6. The smallest absolute Gasteiger partial charge is 0.477 e. The van der Waals surface area contributed by atoms with E-state index in [9.17, 15) is 19.8 Å². The molecule has 0 aromatic heterocycles. The Balaban J connectivity index is 1.89. The highest BCUT2D eigenvalue weighted by molar-refractivity contribution is 5.81. The summed E-state index contributed by atoms with van der Waals surface area (Å²) in [4.78, 5) is 24.9. The number of carbonyl (C=O) groups is 2. The summed E-state index contributed by atoms with van der Waals surface area (Å²) in [5, 5.41) is 23.7. The van der Waals surface area contributed by atoms with Gasteiger partial charge in [0.15, 0.2) is 6.17 Å². The molecule has 0 saturated carbocycles. The largest absolute Gasteiger partial charge is 0.516 e. The lowest BCUT2D eigenvalue weighted by atomic mass is 9.89. The number of carboxylic acids is 1. The van der Waals surface area contributed by atoms with Crippen LogP contribution in [0.25, 0.3) is 0 Å². The summed E-state index contributed by atoms with van der Waals surface area (Å²) in [7, 11) is 0. The van der Waals surface area contributed by atoms with Crippen molar-refractivity contribution >= 4 is 17.7 Å². The molecule has 6 heteroatoms. The van der Waals surface area contributed by atoms with E-state index in [1.54, 1.807) is 6.92 Å². The van der Waals surface area contributed by atoms with Crippen molar-refractivity contribution in [2.75, 3.05) is 5.32 Å². The number of aliphatic carboxylic acids is 1. The Morgan fingerprint density at radius 3 is 2.42 bits per heavy atom. The number of likely N-dealkylation sites (tertiary alicyclic amines) is 1. The molecule has 4 atom stereocenters. The molecular formula is C20H21N2O4+. The van der Waals surface area contributed by atoms with E-state index in [1.807, 2.05) is 54.6 Å². The summed E-state index contributed by atoms with van der Waals surface area (Å²) in [6.07, 6.45) is -1.37. The van der Waals surface area contributed by atoms with Crippen molar-refractivity contribution in [2.24, 2.45) is 0 Å². The van der Waals surface area contributed by atoms with Crippen molar-refractivity contribution < 1.29 is 24.3 Å². The van der Waals surface area contributed by atoms with Gasteiger partial charge < -0.3 is 15.5 Å². The van der Waals surface area contributed by atoms with Crippen LogP contribution in [0, 0.1) is 0 Å². The molecule has 26 heavy (non-hydrogen) atoms.